The summed E-state index contributed by atoms with van der Waals surface area (Å²) in [5.74, 6) is -5.63. The number of carbonyl (C=O) groups is 2. The van der Waals surface area contributed by atoms with E-state index in [0.29, 0.717) is 16.8 Å². The van der Waals surface area contributed by atoms with Crippen molar-refractivity contribution >= 4 is 17.6 Å². The Kier molecular flexibility index (Phi) is 8.19. The maximum absolute atomic E-state index is 13.1. The van der Waals surface area contributed by atoms with Crippen LogP contribution >= 0.6 is 0 Å². The highest BCUT2D eigenvalue weighted by Crippen LogP contribution is 2.26. The lowest BCUT2D eigenvalue weighted by Gasteiger charge is -2.19. The second-order valence-corrected chi connectivity index (χ2v) is 8.33. The van der Waals surface area contributed by atoms with Crippen molar-refractivity contribution in [3.63, 3.8) is 0 Å². The molecular weight excluding hydrogens is 460 g/mol. The zero-order chi connectivity index (χ0) is 25.8. The predicted molar refractivity (Wildman–Crippen MR) is 115 cm³/mol. The molecule has 186 valence electrons. The third kappa shape index (κ3) is 7.11. The van der Waals surface area contributed by atoms with Gasteiger partial charge in [0.2, 0.25) is 5.88 Å². The summed E-state index contributed by atoms with van der Waals surface area (Å²) in [4.78, 5) is 32.7. The maximum atomic E-state index is 13.1. The number of halogens is 4. The number of hydrogen-bond acceptors (Lipinski definition) is 6. The van der Waals surface area contributed by atoms with Crippen LogP contribution in [0, 0.1) is 13.8 Å². The highest BCUT2D eigenvalue weighted by Gasteiger charge is 2.42. The molecule has 0 spiro atoms. The number of alkyl halides is 4. The lowest BCUT2D eigenvalue weighted by molar-refractivity contribution is -0.148. The van der Waals surface area contributed by atoms with Gasteiger partial charge >= 0.3 is 12.3 Å². The number of ether oxygens (including phenoxy) is 1. The lowest BCUT2D eigenvalue weighted by Crippen LogP contribution is -2.37. The van der Waals surface area contributed by atoms with E-state index >= 15 is 0 Å². The Labute approximate surface area is 193 Å². The molecule has 0 aromatic carbocycles. The normalized spacial score (nSPS) is 12.9. The lowest BCUT2D eigenvalue weighted by atomic mass is 10.1. The van der Waals surface area contributed by atoms with Crippen molar-refractivity contribution in [3.05, 3.63) is 46.8 Å². The number of nitrogens with zero attached hydrogens (tertiary/aromatic N) is 2. The molecule has 3 N–H and O–H groups in total. The minimum absolute atomic E-state index is 0.0875. The SMILES string of the molecule is Cc1cc(C(=O)NC(C)c2cnc(OCC(F)(F)C(F)F)c(C)c2)cc(NC(=O)C(C)(C)O)n1. The van der Waals surface area contributed by atoms with Crippen molar-refractivity contribution in [2.45, 2.75) is 58.6 Å². The van der Waals surface area contributed by atoms with Crippen molar-refractivity contribution in [3.8, 4) is 5.88 Å². The third-order valence-electron chi connectivity index (χ3n) is 4.63. The average Bonchev–Trinajstić information content (AvgIpc) is 2.71. The van der Waals surface area contributed by atoms with Gasteiger partial charge in [0.25, 0.3) is 11.8 Å². The van der Waals surface area contributed by atoms with E-state index in [1.165, 1.54) is 45.2 Å². The smallest absolute Gasteiger partial charge is 0.340 e. The number of nitrogens with one attached hydrogen (secondary N) is 2. The molecule has 1 atom stereocenters. The summed E-state index contributed by atoms with van der Waals surface area (Å²) in [6.45, 7) is 5.89. The number of anilines is 1. The largest absolute Gasteiger partial charge is 0.471 e. The first kappa shape index (κ1) is 27.0. The van der Waals surface area contributed by atoms with Crippen LogP contribution in [0.3, 0.4) is 0 Å². The number of pyridine rings is 2. The van der Waals surface area contributed by atoms with E-state index in [1.54, 1.807) is 13.8 Å². The second-order valence-electron chi connectivity index (χ2n) is 8.33. The van der Waals surface area contributed by atoms with Crippen molar-refractivity contribution in [1.29, 1.82) is 0 Å². The Morgan fingerprint density at radius 3 is 2.38 bits per heavy atom. The van der Waals surface area contributed by atoms with Crippen molar-refractivity contribution in [1.82, 2.24) is 15.3 Å². The van der Waals surface area contributed by atoms with Gasteiger partial charge in [0.05, 0.1) is 6.04 Å². The van der Waals surface area contributed by atoms with Gasteiger partial charge in [0.1, 0.15) is 11.4 Å². The first-order valence-corrected chi connectivity index (χ1v) is 10.2. The third-order valence-corrected chi connectivity index (χ3v) is 4.63. The summed E-state index contributed by atoms with van der Waals surface area (Å²) < 4.78 is 55.5. The standard InChI is InChI=1S/C22H26F4N4O4/c1-11-6-15(9-27-18(11)34-10-22(25,26)19(23)24)13(3)29-17(31)14-7-12(2)28-16(8-14)30-20(32)21(4,5)33/h6-9,13,19,33H,10H2,1-5H3,(H,29,31)(H,28,30,32). The van der Waals surface area contributed by atoms with Gasteiger partial charge in [-0.1, -0.05) is 0 Å². The zero-order valence-corrected chi connectivity index (χ0v) is 19.2. The number of aryl methyl sites for hydroxylation is 2. The molecular formula is C22H26F4N4O4. The molecule has 0 saturated heterocycles. The van der Waals surface area contributed by atoms with Crippen LogP contribution in [-0.2, 0) is 4.79 Å². The van der Waals surface area contributed by atoms with Gasteiger partial charge in [-0.3, -0.25) is 9.59 Å². The summed E-state index contributed by atoms with van der Waals surface area (Å²) in [5, 5.41) is 15.0. The molecule has 2 heterocycles. The fraction of sp³-hybridized carbons (Fsp3) is 0.455. The maximum Gasteiger partial charge on any atom is 0.340 e. The highest BCUT2D eigenvalue weighted by atomic mass is 19.3. The number of aliphatic hydroxyl groups is 1. The molecule has 8 nitrogen and oxygen atoms in total. The Hall–Kier alpha value is -3.28. The molecule has 2 aromatic rings. The number of hydrogen-bond donors (Lipinski definition) is 3. The van der Waals surface area contributed by atoms with Gasteiger partial charge in [0, 0.05) is 23.0 Å². The van der Waals surface area contributed by atoms with E-state index in [9.17, 15) is 32.3 Å². The van der Waals surface area contributed by atoms with E-state index in [0.717, 1.165) is 0 Å². The monoisotopic (exact) mass is 486 g/mol. The van der Waals surface area contributed by atoms with E-state index in [4.69, 9.17) is 4.74 Å². The van der Waals surface area contributed by atoms with Crippen molar-refractivity contribution < 1.29 is 37.0 Å². The van der Waals surface area contributed by atoms with Gasteiger partial charge in [-0.15, -0.1) is 0 Å². The van der Waals surface area contributed by atoms with Gasteiger partial charge in [-0.05, 0) is 58.4 Å². The van der Waals surface area contributed by atoms with Gasteiger partial charge in [-0.2, -0.15) is 8.78 Å². The number of amides is 2. The van der Waals surface area contributed by atoms with E-state index in [2.05, 4.69) is 20.6 Å². The van der Waals surface area contributed by atoms with Crippen LogP contribution < -0.4 is 15.4 Å². The van der Waals surface area contributed by atoms with Crippen LogP contribution in [0.5, 0.6) is 5.88 Å². The number of rotatable bonds is 9. The number of carbonyl (C=O) groups excluding carboxylic acids is 2. The average molecular weight is 486 g/mol. The molecule has 0 radical (unpaired) electrons. The van der Waals surface area contributed by atoms with Crippen LogP contribution in [0.15, 0.2) is 24.4 Å². The summed E-state index contributed by atoms with van der Waals surface area (Å²) in [5.41, 5.74) is -0.159. The topological polar surface area (TPSA) is 113 Å². The highest BCUT2D eigenvalue weighted by molar-refractivity contribution is 5.98. The minimum atomic E-state index is -4.30. The molecule has 0 saturated carbocycles. The summed E-state index contributed by atoms with van der Waals surface area (Å²) >= 11 is 0. The molecule has 1 unspecified atom stereocenters. The quantitative estimate of drug-likeness (QED) is 0.467. The molecule has 2 aromatic heterocycles. The van der Waals surface area contributed by atoms with Crippen molar-refractivity contribution in [2.75, 3.05) is 11.9 Å². The van der Waals surface area contributed by atoms with Crippen molar-refractivity contribution in [2.24, 2.45) is 0 Å². The van der Waals surface area contributed by atoms with Crippen LogP contribution in [0.1, 0.15) is 54.0 Å². The molecule has 0 aliphatic carbocycles. The number of aromatic nitrogens is 2. The molecule has 0 fully saturated rings. The van der Waals surface area contributed by atoms with Crippen LogP contribution in [0.2, 0.25) is 0 Å². The Morgan fingerprint density at radius 2 is 1.82 bits per heavy atom. The molecule has 12 heteroatoms. The Balaban J connectivity index is 2.11. The van der Waals surface area contributed by atoms with E-state index in [-0.39, 0.29) is 17.3 Å². The molecule has 0 aliphatic heterocycles. The van der Waals surface area contributed by atoms with E-state index in [1.807, 2.05) is 0 Å². The molecule has 2 rings (SSSR count). The van der Waals surface area contributed by atoms with E-state index < -0.39 is 42.4 Å². The Bertz CT molecular complexity index is 1060. The minimum Gasteiger partial charge on any atom is -0.471 e. The Morgan fingerprint density at radius 1 is 1.18 bits per heavy atom. The van der Waals surface area contributed by atoms with Crippen LogP contribution in [0.4, 0.5) is 23.4 Å². The fourth-order valence-corrected chi connectivity index (χ4v) is 2.70. The predicted octanol–water partition coefficient (Wildman–Crippen LogP) is 3.57. The van der Waals surface area contributed by atoms with Crippen LogP contribution in [0.25, 0.3) is 0 Å². The summed E-state index contributed by atoms with van der Waals surface area (Å²) in [7, 11) is 0. The molecule has 0 bridgehead atoms. The first-order chi connectivity index (χ1) is 15.6. The fourth-order valence-electron chi connectivity index (χ4n) is 2.70. The zero-order valence-electron chi connectivity index (χ0n) is 19.2. The van der Waals surface area contributed by atoms with Gasteiger partial charge in [0.15, 0.2) is 6.61 Å². The molecule has 2 amide bonds. The summed E-state index contributed by atoms with van der Waals surface area (Å²) in [6, 6.07) is 3.81. The van der Waals surface area contributed by atoms with Gasteiger partial charge < -0.3 is 20.5 Å². The summed E-state index contributed by atoms with van der Waals surface area (Å²) in [6.07, 6.45) is -2.58. The first-order valence-electron chi connectivity index (χ1n) is 10.2. The van der Waals surface area contributed by atoms with Gasteiger partial charge in [-0.25, -0.2) is 18.7 Å². The molecule has 0 aliphatic rings. The van der Waals surface area contributed by atoms with Crippen LogP contribution in [-0.4, -0.2) is 51.4 Å². The molecule has 34 heavy (non-hydrogen) atoms. The second kappa shape index (κ2) is 10.3.